The Morgan fingerprint density at radius 3 is 2.68 bits per heavy atom. The predicted octanol–water partition coefficient (Wildman–Crippen LogP) is 2.83. The third kappa shape index (κ3) is 3.32. The highest BCUT2D eigenvalue weighted by Gasteiger charge is 2.13. The van der Waals surface area contributed by atoms with Gasteiger partial charge in [-0.25, -0.2) is 4.79 Å². The number of ketones is 1. The van der Waals surface area contributed by atoms with Crippen LogP contribution in [0.15, 0.2) is 47.1 Å². The molecule has 0 saturated heterocycles. The summed E-state index contributed by atoms with van der Waals surface area (Å²) < 4.78 is 7.46. The van der Waals surface area contributed by atoms with Gasteiger partial charge >= 0.3 is 5.97 Å². The Morgan fingerprint density at radius 1 is 1.26 bits per heavy atom. The minimum absolute atomic E-state index is 0.233. The molecular formula is C14H12BrNO3. The molecule has 0 amide bonds. The molecule has 19 heavy (non-hydrogen) atoms. The number of aryl methyl sites for hydroxylation is 1. The molecule has 2 rings (SSSR count). The second kappa shape index (κ2) is 5.84. The van der Waals surface area contributed by atoms with Crippen molar-refractivity contribution in [1.29, 1.82) is 0 Å². The molecule has 0 aliphatic carbocycles. The summed E-state index contributed by atoms with van der Waals surface area (Å²) >= 11 is 3.29. The third-order valence-electron chi connectivity index (χ3n) is 2.63. The normalized spacial score (nSPS) is 10.2. The van der Waals surface area contributed by atoms with Crippen LogP contribution in [-0.2, 0) is 11.8 Å². The van der Waals surface area contributed by atoms with Crippen LogP contribution in [0, 0.1) is 0 Å². The van der Waals surface area contributed by atoms with Crippen molar-refractivity contribution in [2.75, 3.05) is 6.61 Å². The molecule has 0 aliphatic heterocycles. The number of carbonyl (C=O) groups excluding carboxylic acids is 2. The third-order valence-corrected chi connectivity index (χ3v) is 3.13. The Labute approximate surface area is 119 Å². The molecule has 0 bridgehead atoms. The first-order valence-corrected chi connectivity index (χ1v) is 6.44. The number of rotatable bonds is 4. The van der Waals surface area contributed by atoms with Gasteiger partial charge in [0.15, 0.2) is 12.4 Å². The Balaban J connectivity index is 1.98. The molecule has 0 atom stereocenters. The van der Waals surface area contributed by atoms with Crippen molar-refractivity contribution in [2.24, 2.45) is 7.05 Å². The number of aromatic nitrogens is 1. The number of ether oxygens (including phenoxy) is 1. The van der Waals surface area contributed by atoms with Gasteiger partial charge < -0.3 is 9.30 Å². The zero-order chi connectivity index (χ0) is 13.8. The summed E-state index contributed by atoms with van der Waals surface area (Å²) in [4.78, 5) is 23.6. The van der Waals surface area contributed by atoms with E-state index in [1.165, 1.54) is 0 Å². The fourth-order valence-corrected chi connectivity index (χ4v) is 2.02. The van der Waals surface area contributed by atoms with Crippen molar-refractivity contribution in [3.05, 3.63) is 58.3 Å². The molecule has 1 aromatic carbocycles. The van der Waals surface area contributed by atoms with Crippen molar-refractivity contribution in [3.8, 4) is 0 Å². The number of carbonyl (C=O) groups is 2. The van der Waals surface area contributed by atoms with Gasteiger partial charge in [0, 0.05) is 23.3 Å². The fraction of sp³-hybridized carbons (Fsp3) is 0.143. The van der Waals surface area contributed by atoms with E-state index in [4.69, 9.17) is 4.74 Å². The standard InChI is InChI=1S/C14H12BrNO3/c1-16-7-3-6-12(16)14(18)19-9-13(17)10-4-2-5-11(15)8-10/h2-8H,9H2,1H3. The van der Waals surface area contributed by atoms with Crippen molar-refractivity contribution in [3.63, 3.8) is 0 Å². The van der Waals surface area contributed by atoms with Gasteiger partial charge in [0.1, 0.15) is 5.69 Å². The fourth-order valence-electron chi connectivity index (χ4n) is 1.62. The molecule has 0 aliphatic rings. The first-order valence-electron chi connectivity index (χ1n) is 5.65. The minimum atomic E-state index is -0.504. The predicted molar refractivity (Wildman–Crippen MR) is 74.2 cm³/mol. The van der Waals surface area contributed by atoms with E-state index >= 15 is 0 Å². The molecule has 98 valence electrons. The lowest BCUT2D eigenvalue weighted by molar-refractivity contribution is 0.0465. The van der Waals surface area contributed by atoms with Gasteiger partial charge in [0.2, 0.25) is 0 Å². The first-order chi connectivity index (χ1) is 9.08. The van der Waals surface area contributed by atoms with Crippen molar-refractivity contribution in [2.45, 2.75) is 0 Å². The van der Waals surface area contributed by atoms with E-state index < -0.39 is 5.97 Å². The monoisotopic (exact) mass is 321 g/mol. The van der Waals surface area contributed by atoms with Crippen molar-refractivity contribution >= 4 is 27.7 Å². The van der Waals surface area contributed by atoms with Crippen LogP contribution in [0.3, 0.4) is 0 Å². The summed E-state index contributed by atoms with van der Waals surface area (Å²) in [5.74, 6) is -0.736. The topological polar surface area (TPSA) is 48.3 Å². The van der Waals surface area contributed by atoms with Crippen molar-refractivity contribution in [1.82, 2.24) is 4.57 Å². The van der Waals surface area contributed by atoms with Crippen LogP contribution in [0.25, 0.3) is 0 Å². The molecular weight excluding hydrogens is 310 g/mol. The minimum Gasteiger partial charge on any atom is -0.453 e. The molecule has 1 aromatic heterocycles. The zero-order valence-electron chi connectivity index (χ0n) is 10.3. The van der Waals surface area contributed by atoms with E-state index in [0.29, 0.717) is 11.3 Å². The molecule has 0 spiro atoms. The van der Waals surface area contributed by atoms with E-state index in [-0.39, 0.29) is 12.4 Å². The second-order valence-corrected chi connectivity index (χ2v) is 4.93. The molecule has 0 fully saturated rings. The average Bonchev–Trinajstić information content (AvgIpc) is 2.82. The van der Waals surface area contributed by atoms with E-state index in [1.54, 1.807) is 48.1 Å². The van der Waals surface area contributed by atoms with E-state index in [1.807, 2.05) is 6.07 Å². The number of benzene rings is 1. The summed E-state index contributed by atoms with van der Waals surface area (Å²) in [6.07, 6.45) is 1.74. The van der Waals surface area contributed by atoms with Crippen LogP contribution in [0.5, 0.6) is 0 Å². The smallest absolute Gasteiger partial charge is 0.355 e. The van der Waals surface area contributed by atoms with E-state index in [9.17, 15) is 9.59 Å². The summed E-state index contributed by atoms with van der Waals surface area (Å²) in [7, 11) is 1.74. The Morgan fingerprint density at radius 2 is 2.05 bits per heavy atom. The van der Waals surface area contributed by atoms with Gasteiger partial charge in [0.05, 0.1) is 0 Å². The van der Waals surface area contributed by atoms with E-state index in [2.05, 4.69) is 15.9 Å². The maximum atomic E-state index is 11.9. The van der Waals surface area contributed by atoms with Gasteiger partial charge in [0.25, 0.3) is 0 Å². The zero-order valence-corrected chi connectivity index (χ0v) is 11.9. The quantitative estimate of drug-likeness (QED) is 0.642. The van der Waals surface area contributed by atoms with E-state index in [0.717, 1.165) is 4.47 Å². The highest BCUT2D eigenvalue weighted by molar-refractivity contribution is 9.10. The SMILES string of the molecule is Cn1cccc1C(=O)OCC(=O)c1cccc(Br)c1. The van der Waals surface area contributed by atoms with Gasteiger partial charge in [-0.15, -0.1) is 0 Å². The van der Waals surface area contributed by atoms with Gasteiger partial charge in [-0.05, 0) is 24.3 Å². The highest BCUT2D eigenvalue weighted by atomic mass is 79.9. The molecule has 0 unspecified atom stereocenters. The summed E-state index contributed by atoms with van der Waals surface area (Å²) in [6, 6.07) is 10.4. The van der Waals surface area contributed by atoms with Gasteiger partial charge in [-0.3, -0.25) is 4.79 Å². The highest BCUT2D eigenvalue weighted by Crippen LogP contribution is 2.12. The number of hydrogen-bond donors (Lipinski definition) is 0. The number of Topliss-reactive ketones (excluding diaryl/α,β-unsaturated/α-hetero) is 1. The number of nitrogens with zero attached hydrogens (tertiary/aromatic N) is 1. The van der Waals surface area contributed by atoms with Crippen LogP contribution in [0.4, 0.5) is 0 Å². The largest absolute Gasteiger partial charge is 0.453 e. The Kier molecular flexibility index (Phi) is 4.16. The molecule has 5 heteroatoms. The second-order valence-electron chi connectivity index (χ2n) is 4.01. The summed E-state index contributed by atoms with van der Waals surface area (Å²) in [6.45, 7) is -0.263. The van der Waals surface area contributed by atoms with Crippen LogP contribution in [-0.4, -0.2) is 22.9 Å². The van der Waals surface area contributed by atoms with Crippen LogP contribution >= 0.6 is 15.9 Å². The Bertz CT molecular complexity index is 619. The van der Waals surface area contributed by atoms with Gasteiger partial charge in [-0.1, -0.05) is 28.1 Å². The lowest BCUT2D eigenvalue weighted by atomic mass is 10.1. The first kappa shape index (κ1) is 13.5. The molecule has 0 N–H and O–H groups in total. The number of hydrogen-bond acceptors (Lipinski definition) is 3. The average molecular weight is 322 g/mol. The molecule has 1 heterocycles. The molecule has 0 radical (unpaired) electrons. The van der Waals surface area contributed by atoms with Crippen LogP contribution in [0.1, 0.15) is 20.8 Å². The lowest BCUT2D eigenvalue weighted by Crippen LogP contribution is -2.16. The molecule has 4 nitrogen and oxygen atoms in total. The summed E-state index contributed by atoms with van der Waals surface area (Å²) in [5, 5.41) is 0. The Hall–Kier alpha value is -1.88. The maximum Gasteiger partial charge on any atom is 0.355 e. The van der Waals surface area contributed by atoms with Crippen LogP contribution < -0.4 is 0 Å². The molecule has 2 aromatic rings. The van der Waals surface area contributed by atoms with Gasteiger partial charge in [-0.2, -0.15) is 0 Å². The number of halogens is 1. The summed E-state index contributed by atoms with van der Waals surface area (Å²) in [5.41, 5.74) is 0.927. The van der Waals surface area contributed by atoms with Crippen molar-refractivity contribution < 1.29 is 14.3 Å². The lowest BCUT2D eigenvalue weighted by Gasteiger charge is -2.05. The van der Waals surface area contributed by atoms with Crippen LogP contribution in [0.2, 0.25) is 0 Å². The molecule has 0 saturated carbocycles. The number of esters is 1. The maximum absolute atomic E-state index is 11.9.